The summed E-state index contributed by atoms with van der Waals surface area (Å²) in [4.78, 5) is 28.0. The van der Waals surface area contributed by atoms with Gasteiger partial charge in [0.25, 0.3) is 5.91 Å². The SMILES string of the molecule is Cc1ccc(-c2c(C#N)c(N)nc3c2CN(C(=O)c2ccncc2)CC3)c2cccnc12. The van der Waals surface area contributed by atoms with E-state index in [-0.39, 0.29) is 11.7 Å². The fourth-order valence-electron chi connectivity index (χ4n) is 4.37. The number of hydrogen-bond donors (Lipinski definition) is 1. The number of aromatic nitrogens is 3. The van der Waals surface area contributed by atoms with Crippen molar-refractivity contribution in [2.24, 2.45) is 0 Å². The molecule has 1 amide bonds. The molecular formula is C25H20N6O. The highest BCUT2D eigenvalue weighted by Gasteiger charge is 2.29. The summed E-state index contributed by atoms with van der Waals surface area (Å²) in [7, 11) is 0. The number of pyridine rings is 3. The summed E-state index contributed by atoms with van der Waals surface area (Å²) in [5, 5.41) is 10.9. The lowest BCUT2D eigenvalue weighted by molar-refractivity contribution is 0.0734. The van der Waals surface area contributed by atoms with Crippen LogP contribution in [0.1, 0.15) is 32.7 Å². The number of amides is 1. The van der Waals surface area contributed by atoms with Crippen LogP contribution in [-0.2, 0) is 13.0 Å². The number of nitriles is 1. The molecule has 32 heavy (non-hydrogen) atoms. The molecule has 0 aliphatic carbocycles. The molecule has 0 unspecified atom stereocenters. The van der Waals surface area contributed by atoms with Crippen LogP contribution in [0.3, 0.4) is 0 Å². The maximum Gasteiger partial charge on any atom is 0.254 e. The van der Waals surface area contributed by atoms with Gasteiger partial charge >= 0.3 is 0 Å². The van der Waals surface area contributed by atoms with E-state index in [9.17, 15) is 10.1 Å². The van der Waals surface area contributed by atoms with Crippen LogP contribution >= 0.6 is 0 Å². The van der Waals surface area contributed by atoms with Gasteiger partial charge in [0.2, 0.25) is 0 Å². The van der Waals surface area contributed by atoms with Crippen LogP contribution in [0.2, 0.25) is 0 Å². The predicted octanol–water partition coefficient (Wildman–Crippen LogP) is 3.65. The molecule has 0 atom stereocenters. The van der Waals surface area contributed by atoms with Gasteiger partial charge in [-0.05, 0) is 36.2 Å². The first kappa shape index (κ1) is 19.6. The molecule has 1 aromatic carbocycles. The van der Waals surface area contributed by atoms with E-state index < -0.39 is 0 Å². The minimum Gasteiger partial charge on any atom is -0.383 e. The van der Waals surface area contributed by atoms with Crippen LogP contribution in [0.5, 0.6) is 0 Å². The number of nitrogen functional groups attached to an aromatic ring is 1. The van der Waals surface area contributed by atoms with Gasteiger partial charge in [0.05, 0.1) is 11.2 Å². The molecule has 156 valence electrons. The molecule has 0 fully saturated rings. The van der Waals surface area contributed by atoms with Crippen LogP contribution in [0.25, 0.3) is 22.0 Å². The molecule has 1 aliphatic heterocycles. The molecule has 4 aromatic rings. The molecule has 0 spiro atoms. The summed E-state index contributed by atoms with van der Waals surface area (Å²) in [6.45, 7) is 2.89. The lowest BCUT2D eigenvalue weighted by atomic mass is 9.88. The van der Waals surface area contributed by atoms with Gasteiger partial charge in [-0.25, -0.2) is 4.98 Å². The zero-order valence-corrected chi connectivity index (χ0v) is 17.5. The van der Waals surface area contributed by atoms with E-state index in [0.717, 1.165) is 38.9 Å². The Morgan fingerprint density at radius 3 is 2.75 bits per heavy atom. The second-order valence-electron chi connectivity index (χ2n) is 7.83. The zero-order valence-electron chi connectivity index (χ0n) is 17.5. The predicted molar refractivity (Wildman–Crippen MR) is 122 cm³/mol. The third-order valence-electron chi connectivity index (χ3n) is 5.95. The van der Waals surface area contributed by atoms with E-state index in [0.29, 0.717) is 30.6 Å². The van der Waals surface area contributed by atoms with E-state index in [1.54, 1.807) is 35.6 Å². The summed E-state index contributed by atoms with van der Waals surface area (Å²) in [5.74, 6) is 0.141. The number of anilines is 1. The number of carbonyl (C=O) groups is 1. The van der Waals surface area contributed by atoms with Crippen LogP contribution in [0.15, 0.2) is 55.0 Å². The molecule has 2 N–H and O–H groups in total. The highest BCUT2D eigenvalue weighted by atomic mass is 16.2. The molecule has 7 nitrogen and oxygen atoms in total. The van der Waals surface area contributed by atoms with Crippen LogP contribution in [0, 0.1) is 18.3 Å². The van der Waals surface area contributed by atoms with Crippen molar-refractivity contribution >= 4 is 22.6 Å². The Bertz CT molecular complexity index is 1410. The van der Waals surface area contributed by atoms with Crippen molar-refractivity contribution in [3.63, 3.8) is 0 Å². The fourth-order valence-corrected chi connectivity index (χ4v) is 4.37. The number of benzene rings is 1. The van der Waals surface area contributed by atoms with E-state index in [1.807, 2.05) is 31.2 Å². The van der Waals surface area contributed by atoms with Crippen LogP contribution in [0.4, 0.5) is 5.82 Å². The highest BCUT2D eigenvalue weighted by molar-refractivity contribution is 6.00. The Morgan fingerprint density at radius 1 is 1.16 bits per heavy atom. The van der Waals surface area contributed by atoms with Crippen molar-refractivity contribution < 1.29 is 4.79 Å². The Kier molecular flexibility index (Phi) is 4.75. The minimum atomic E-state index is -0.0743. The second kappa shape index (κ2) is 7.75. The third kappa shape index (κ3) is 3.13. The molecular weight excluding hydrogens is 400 g/mol. The maximum atomic E-state index is 13.1. The lowest BCUT2D eigenvalue weighted by Crippen LogP contribution is -2.37. The van der Waals surface area contributed by atoms with Crippen LogP contribution < -0.4 is 5.73 Å². The van der Waals surface area contributed by atoms with Crippen molar-refractivity contribution in [1.29, 1.82) is 5.26 Å². The minimum absolute atomic E-state index is 0.0743. The quantitative estimate of drug-likeness (QED) is 0.530. The van der Waals surface area contributed by atoms with E-state index in [4.69, 9.17) is 5.73 Å². The van der Waals surface area contributed by atoms with Crippen molar-refractivity contribution in [3.8, 4) is 17.2 Å². The van der Waals surface area contributed by atoms with Gasteiger partial charge in [0.1, 0.15) is 17.5 Å². The van der Waals surface area contributed by atoms with E-state index in [1.165, 1.54) is 0 Å². The largest absolute Gasteiger partial charge is 0.383 e. The van der Waals surface area contributed by atoms with Crippen molar-refractivity contribution in [2.75, 3.05) is 12.3 Å². The number of nitrogens with two attached hydrogens (primary N) is 1. The lowest BCUT2D eigenvalue weighted by Gasteiger charge is -2.31. The van der Waals surface area contributed by atoms with E-state index >= 15 is 0 Å². The van der Waals surface area contributed by atoms with Crippen molar-refractivity contribution in [1.82, 2.24) is 19.9 Å². The smallest absolute Gasteiger partial charge is 0.254 e. The van der Waals surface area contributed by atoms with Gasteiger partial charge in [0, 0.05) is 60.2 Å². The molecule has 0 bridgehead atoms. The first-order valence-electron chi connectivity index (χ1n) is 10.3. The molecule has 3 aromatic heterocycles. The first-order valence-corrected chi connectivity index (χ1v) is 10.3. The Labute approximate surface area is 185 Å². The summed E-state index contributed by atoms with van der Waals surface area (Å²) in [6, 6.07) is 13.5. The Hall–Kier alpha value is -4.31. The van der Waals surface area contributed by atoms with Gasteiger partial charge in [-0.2, -0.15) is 5.26 Å². The van der Waals surface area contributed by atoms with Crippen molar-refractivity contribution in [2.45, 2.75) is 19.9 Å². The number of rotatable bonds is 2. The molecule has 1 aliphatic rings. The van der Waals surface area contributed by atoms with Gasteiger partial charge in [-0.1, -0.05) is 18.2 Å². The number of hydrogen-bond acceptors (Lipinski definition) is 6. The molecule has 4 heterocycles. The molecule has 0 saturated heterocycles. The second-order valence-corrected chi connectivity index (χ2v) is 7.83. The third-order valence-corrected chi connectivity index (χ3v) is 5.95. The fraction of sp³-hybridized carbons (Fsp3) is 0.160. The number of carbonyl (C=O) groups excluding carboxylic acids is 1. The topological polar surface area (TPSA) is 109 Å². The summed E-state index contributed by atoms with van der Waals surface area (Å²) < 4.78 is 0. The number of nitrogens with zero attached hydrogens (tertiary/aromatic N) is 5. The van der Waals surface area contributed by atoms with E-state index in [2.05, 4.69) is 21.0 Å². The van der Waals surface area contributed by atoms with Gasteiger partial charge in [0.15, 0.2) is 0 Å². The molecule has 0 radical (unpaired) electrons. The van der Waals surface area contributed by atoms with Gasteiger partial charge in [-0.3, -0.25) is 14.8 Å². The maximum absolute atomic E-state index is 13.1. The summed E-state index contributed by atoms with van der Waals surface area (Å²) in [6.07, 6.45) is 5.54. The van der Waals surface area contributed by atoms with Crippen LogP contribution in [-0.4, -0.2) is 32.3 Å². The average molecular weight is 420 g/mol. The summed E-state index contributed by atoms with van der Waals surface area (Å²) >= 11 is 0. The first-order chi connectivity index (χ1) is 15.6. The molecule has 5 rings (SSSR count). The normalized spacial score (nSPS) is 12.9. The Balaban J connectivity index is 1.71. The van der Waals surface area contributed by atoms with Crippen molar-refractivity contribution in [3.05, 3.63) is 82.9 Å². The monoisotopic (exact) mass is 420 g/mol. The number of aryl methyl sites for hydroxylation is 1. The highest BCUT2D eigenvalue weighted by Crippen LogP contribution is 2.39. The summed E-state index contributed by atoms with van der Waals surface area (Å²) in [5.41, 5.74) is 12.3. The molecule has 0 saturated carbocycles. The number of fused-ring (bicyclic) bond motifs is 2. The zero-order chi connectivity index (χ0) is 22.2. The Morgan fingerprint density at radius 2 is 1.97 bits per heavy atom. The molecule has 7 heteroatoms. The van der Waals surface area contributed by atoms with Gasteiger partial charge < -0.3 is 10.6 Å². The van der Waals surface area contributed by atoms with Gasteiger partial charge in [-0.15, -0.1) is 0 Å². The standard InChI is InChI=1S/C25H20N6O/c1-15-4-5-17(18-3-2-9-29-23(15)18)22-19(13-26)24(27)30-21-8-12-31(14-20(21)22)25(32)16-6-10-28-11-7-16/h2-7,9-11H,8,12,14H2,1H3,(H2,27,30). The average Bonchev–Trinajstić information content (AvgIpc) is 2.84.